The molecule has 0 aliphatic carbocycles. The van der Waals surface area contributed by atoms with Crippen LogP contribution in [-0.2, 0) is 5.88 Å². The van der Waals surface area contributed by atoms with Crippen LogP contribution in [0.2, 0.25) is 0 Å². The van der Waals surface area contributed by atoms with E-state index in [1.54, 1.807) is 6.20 Å². The minimum atomic E-state index is 0.376. The number of para-hydroxylation sites is 1. The minimum absolute atomic E-state index is 0.376. The molecule has 0 aliphatic heterocycles. The number of nitrogens with zero attached hydrogens (tertiary/aromatic N) is 4. The van der Waals surface area contributed by atoms with E-state index in [-0.39, 0.29) is 0 Å². The van der Waals surface area contributed by atoms with Gasteiger partial charge in [0.1, 0.15) is 16.9 Å². The van der Waals surface area contributed by atoms with Crippen LogP contribution in [0.25, 0.3) is 21.9 Å². The summed E-state index contributed by atoms with van der Waals surface area (Å²) in [7, 11) is 3.96. The molecular formula is C13H13ClN4. The molecule has 2 aromatic heterocycles. The number of aromatic nitrogens is 3. The molecule has 3 rings (SSSR count). The number of benzene rings is 1. The third-order valence-corrected chi connectivity index (χ3v) is 3.19. The van der Waals surface area contributed by atoms with E-state index in [1.807, 2.05) is 42.0 Å². The quantitative estimate of drug-likeness (QED) is 0.664. The van der Waals surface area contributed by atoms with Crippen molar-refractivity contribution in [2.24, 2.45) is 0 Å². The second-order valence-electron chi connectivity index (χ2n) is 4.33. The molecule has 4 nitrogen and oxygen atoms in total. The van der Waals surface area contributed by atoms with Gasteiger partial charge in [0.05, 0.1) is 17.6 Å². The lowest BCUT2D eigenvalue weighted by atomic mass is 10.2. The van der Waals surface area contributed by atoms with Crippen molar-refractivity contribution in [1.29, 1.82) is 0 Å². The molecule has 5 heteroatoms. The van der Waals surface area contributed by atoms with Gasteiger partial charge in [0.15, 0.2) is 0 Å². The fraction of sp³-hybridized carbons (Fsp3) is 0.231. The summed E-state index contributed by atoms with van der Waals surface area (Å²) in [4.78, 5) is 8.95. The molecule has 0 unspecified atom stereocenters. The van der Waals surface area contributed by atoms with Crippen LogP contribution in [-0.4, -0.2) is 28.7 Å². The smallest absolute Gasteiger partial charge is 0.143 e. The Bertz CT molecular complexity index is 717. The third-order valence-electron chi connectivity index (χ3n) is 2.95. The second-order valence-corrected chi connectivity index (χ2v) is 4.60. The van der Waals surface area contributed by atoms with Gasteiger partial charge in [0.25, 0.3) is 0 Å². The van der Waals surface area contributed by atoms with Gasteiger partial charge < -0.3 is 5.01 Å². The van der Waals surface area contributed by atoms with E-state index < -0.39 is 0 Å². The van der Waals surface area contributed by atoms with E-state index in [1.165, 1.54) is 0 Å². The van der Waals surface area contributed by atoms with Crippen LogP contribution in [0.1, 0.15) is 5.82 Å². The van der Waals surface area contributed by atoms with E-state index in [9.17, 15) is 0 Å². The zero-order valence-corrected chi connectivity index (χ0v) is 11.0. The topological polar surface area (TPSA) is 34.0 Å². The molecule has 0 amide bonds. The van der Waals surface area contributed by atoms with Gasteiger partial charge in [-0.3, -0.25) is 4.98 Å². The fourth-order valence-corrected chi connectivity index (χ4v) is 2.43. The molecule has 92 valence electrons. The SMILES string of the molecule is CN(C)n1c(CCl)nc2cnc3ccccc3c21. The number of alkyl halides is 1. The van der Waals surface area contributed by atoms with E-state index in [4.69, 9.17) is 11.6 Å². The highest BCUT2D eigenvalue weighted by Gasteiger charge is 2.14. The van der Waals surface area contributed by atoms with Gasteiger partial charge in [-0.2, -0.15) is 0 Å². The third kappa shape index (κ3) is 1.53. The highest BCUT2D eigenvalue weighted by molar-refractivity contribution is 6.17. The largest absolute Gasteiger partial charge is 0.317 e. The molecule has 0 saturated carbocycles. The van der Waals surface area contributed by atoms with Crippen LogP contribution >= 0.6 is 11.6 Å². The van der Waals surface area contributed by atoms with Crippen molar-refractivity contribution in [3.05, 3.63) is 36.3 Å². The van der Waals surface area contributed by atoms with E-state index >= 15 is 0 Å². The first-order chi connectivity index (χ1) is 8.72. The lowest BCUT2D eigenvalue weighted by Gasteiger charge is -2.18. The van der Waals surface area contributed by atoms with Crippen LogP contribution in [0, 0.1) is 0 Å². The van der Waals surface area contributed by atoms with Crippen LogP contribution in [0.5, 0.6) is 0 Å². The number of hydrogen-bond acceptors (Lipinski definition) is 3. The maximum absolute atomic E-state index is 5.97. The number of rotatable bonds is 2. The van der Waals surface area contributed by atoms with Crippen molar-refractivity contribution in [2.75, 3.05) is 19.1 Å². The van der Waals surface area contributed by atoms with Crippen molar-refractivity contribution in [2.45, 2.75) is 5.88 Å². The van der Waals surface area contributed by atoms with Gasteiger partial charge in [0.2, 0.25) is 0 Å². The van der Waals surface area contributed by atoms with Crippen molar-refractivity contribution >= 4 is 33.5 Å². The summed E-state index contributed by atoms with van der Waals surface area (Å²) < 4.78 is 2.03. The molecule has 2 heterocycles. The predicted octanol–water partition coefficient (Wildman–Crippen LogP) is 2.52. The Morgan fingerprint density at radius 1 is 1.22 bits per heavy atom. The molecule has 0 fully saturated rings. The van der Waals surface area contributed by atoms with Gasteiger partial charge in [-0.1, -0.05) is 18.2 Å². The molecule has 0 atom stereocenters. The molecule has 0 aliphatic rings. The summed E-state index contributed by atoms with van der Waals surface area (Å²) >= 11 is 5.97. The van der Waals surface area contributed by atoms with Crippen molar-refractivity contribution in [3.8, 4) is 0 Å². The zero-order chi connectivity index (χ0) is 12.7. The Labute approximate surface area is 110 Å². The second kappa shape index (κ2) is 4.14. The van der Waals surface area contributed by atoms with Crippen LogP contribution in [0.15, 0.2) is 30.5 Å². The Morgan fingerprint density at radius 3 is 2.72 bits per heavy atom. The Morgan fingerprint density at radius 2 is 2.00 bits per heavy atom. The molecule has 3 aromatic rings. The Hall–Kier alpha value is -1.81. The highest BCUT2D eigenvalue weighted by Crippen LogP contribution is 2.24. The monoisotopic (exact) mass is 260 g/mol. The fourth-order valence-electron chi connectivity index (χ4n) is 2.25. The lowest BCUT2D eigenvalue weighted by molar-refractivity contribution is 0.721. The maximum Gasteiger partial charge on any atom is 0.143 e. The molecule has 0 N–H and O–H groups in total. The number of fused-ring (bicyclic) bond motifs is 3. The summed E-state index contributed by atoms with van der Waals surface area (Å²) in [5.74, 6) is 1.20. The van der Waals surface area contributed by atoms with Gasteiger partial charge in [-0.15, -0.1) is 11.6 Å². The van der Waals surface area contributed by atoms with E-state index in [0.717, 1.165) is 27.8 Å². The van der Waals surface area contributed by atoms with Gasteiger partial charge in [-0.25, -0.2) is 9.66 Å². The van der Waals surface area contributed by atoms with Crippen molar-refractivity contribution in [3.63, 3.8) is 0 Å². The standard InChI is InChI=1S/C13H13ClN4/c1-17(2)18-12(7-14)16-11-8-15-10-6-4-3-5-9(10)13(11)18/h3-6,8H,7H2,1-2H3. The van der Waals surface area contributed by atoms with Crippen molar-refractivity contribution in [1.82, 2.24) is 14.6 Å². The van der Waals surface area contributed by atoms with E-state index in [0.29, 0.717) is 5.88 Å². The zero-order valence-electron chi connectivity index (χ0n) is 10.3. The number of imidazole rings is 1. The van der Waals surface area contributed by atoms with Gasteiger partial charge >= 0.3 is 0 Å². The predicted molar refractivity (Wildman–Crippen MR) is 74.7 cm³/mol. The summed E-state index contributed by atoms with van der Waals surface area (Å²) in [5, 5.41) is 3.08. The average Bonchev–Trinajstić information content (AvgIpc) is 2.77. The molecule has 18 heavy (non-hydrogen) atoms. The normalized spacial score (nSPS) is 11.3. The lowest BCUT2D eigenvalue weighted by Crippen LogP contribution is -2.26. The highest BCUT2D eigenvalue weighted by atomic mass is 35.5. The number of hydrogen-bond donors (Lipinski definition) is 0. The first kappa shape index (κ1) is 11.3. The van der Waals surface area contributed by atoms with Crippen molar-refractivity contribution < 1.29 is 0 Å². The summed E-state index contributed by atoms with van der Waals surface area (Å²) in [6.07, 6.45) is 1.80. The molecule has 0 saturated heterocycles. The Balaban J connectivity index is 2.51. The summed E-state index contributed by atoms with van der Waals surface area (Å²) in [6.45, 7) is 0. The minimum Gasteiger partial charge on any atom is -0.317 e. The van der Waals surface area contributed by atoms with Crippen LogP contribution < -0.4 is 5.01 Å². The molecule has 1 aromatic carbocycles. The molecule has 0 bridgehead atoms. The maximum atomic E-state index is 5.97. The summed E-state index contributed by atoms with van der Waals surface area (Å²) in [5.41, 5.74) is 2.90. The first-order valence-corrected chi connectivity index (χ1v) is 6.24. The summed E-state index contributed by atoms with van der Waals surface area (Å²) in [6, 6.07) is 8.06. The van der Waals surface area contributed by atoms with Gasteiger partial charge in [-0.05, 0) is 6.07 Å². The van der Waals surface area contributed by atoms with E-state index in [2.05, 4.69) is 16.0 Å². The molecule has 0 spiro atoms. The Kier molecular flexibility index (Phi) is 2.59. The molecule has 0 radical (unpaired) electrons. The van der Waals surface area contributed by atoms with Crippen LogP contribution in [0.4, 0.5) is 0 Å². The number of pyridine rings is 1. The molecular weight excluding hydrogens is 248 g/mol. The number of halogens is 1. The first-order valence-electron chi connectivity index (χ1n) is 5.71. The van der Waals surface area contributed by atoms with Crippen LogP contribution in [0.3, 0.4) is 0 Å². The van der Waals surface area contributed by atoms with Gasteiger partial charge in [0, 0.05) is 19.5 Å². The average molecular weight is 261 g/mol.